The van der Waals surface area contributed by atoms with E-state index in [2.05, 4.69) is 16.0 Å². The molecule has 0 bridgehead atoms. The predicted octanol–water partition coefficient (Wildman–Crippen LogP) is 4.96. The number of nitriles is 1. The Hall–Kier alpha value is -3.47. The summed E-state index contributed by atoms with van der Waals surface area (Å²) >= 11 is 0. The highest BCUT2D eigenvalue weighted by Gasteiger charge is 2.44. The number of aromatic nitrogens is 2. The molecule has 1 aromatic carbocycles. The standard InChI is InChI=1S/C23H23FN4O3/c1-22(2,3)31-21(29)28-9-5-8-23(24,14-28)20-27-18-11-17(13-26-19(18)30-20)16-7-4-6-15(10-16)12-25/h4,6-7,10-11,13H,5,8-9,14H2,1-3H3. The molecule has 7 nitrogen and oxygen atoms in total. The summed E-state index contributed by atoms with van der Waals surface area (Å²) in [6.07, 6.45) is 1.71. The lowest BCUT2D eigenvalue weighted by Gasteiger charge is -2.36. The highest BCUT2D eigenvalue weighted by atomic mass is 19.1. The summed E-state index contributed by atoms with van der Waals surface area (Å²) in [7, 11) is 0. The Labute approximate surface area is 179 Å². The zero-order valence-corrected chi connectivity index (χ0v) is 17.7. The van der Waals surface area contributed by atoms with Crippen LogP contribution in [0.5, 0.6) is 0 Å². The van der Waals surface area contributed by atoms with Crippen molar-refractivity contribution in [2.24, 2.45) is 0 Å². The molecular weight excluding hydrogens is 399 g/mol. The number of carbonyl (C=O) groups is 1. The number of amides is 1. The molecule has 0 aliphatic carbocycles. The zero-order valence-electron chi connectivity index (χ0n) is 17.7. The lowest BCUT2D eigenvalue weighted by Crippen LogP contribution is -2.48. The van der Waals surface area contributed by atoms with Crippen molar-refractivity contribution >= 4 is 17.3 Å². The summed E-state index contributed by atoms with van der Waals surface area (Å²) in [5.74, 6) is -0.0915. The number of ether oxygens (including phenoxy) is 1. The fourth-order valence-electron chi connectivity index (χ4n) is 3.61. The first-order valence-corrected chi connectivity index (χ1v) is 10.1. The number of rotatable bonds is 2. The molecule has 1 amide bonds. The first-order valence-electron chi connectivity index (χ1n) is 10.1. The number of hydrogen-bond acceptors (Lipinski definition) is 6. The number of fused-ring (bicyclic) bond motifs is 1. The van der Waals surface area contributed by atoms with Gasteiger partial charge < -0.3 is 14.1 Å². The fourth-order valence-corrected chi connectivity index (χ4v) is 3.61. The number of nitrogens with zero attached hydrogens (tertiary/aromatic N) is 4. The summed E-state index contributed by atoms with van der Waals surface area (Å²) in [4.78, 5) is 22.4. The van der Waals surface area contributed by atoms with E-state index in [-0.39, 0.29) is 24.6 Å². The Morgan fingerprint density at radius 2 is 2.13 bits per heavy atom. The van der Waals surface area contributed by atoms with Gasteiger partial charge in [-0.2, -0.15) is 5.26 Å². The quantitative estimate of drug-likeness (QED) is 0.580. The average molecular weight is 422 g/mol. The fraction of sp³-hybridized carbons (Fsp3) is 0.391. The van der Waals surface area contributed by atoms with Gasteiger partial charge in [0.2, 0.25) is 17.3 Å². The Kier molecular flexibility index (Phi) is 5.13. The Morgan fingerprint density at radius 3 is 2.87 bits per heavy atom. The molecule has 1 aliphatic rings. The molecule has 3 aromatic rings. The van der Waals surface area contributed by atoms with Crippen LogP contribution in [0.25, 0.3) is 22.4 Å². The van der Waals surface area contributed by atoms with Crippen molar-refractivity contribution in [2.75, 3.05) is 13.1 Å². The van der Waals surface area contributed by atoms with Crippen LogP contribution in [0.3, 0.4) is 0 Å². The van der Waals surface area contributed by atoms with E-state index in [1.54, 1.807) is 51.2 Å². The molecular formula is C23H23FN4O3. The average Bonchev–Trinajstić information content (AvgIpc) is 3.17. The predicted molar refractivity (Wildman–Crippen MR) is 112 cm³/mol. The molecule has 4 rings (SSSR count). The van der Waals surface area contributed by atoms with Crippen LogP contribution in [0.4, 0.5) is 9.18 Å². The van der Waals surface area contributed by atoms with E-state index in [0.717, 1.165) is 11.1 Å². The normalized spacial score (nSPS) is 19.3. The van der Waals surface area contributed by atoms with Gasteiger partial charge in [0.25, 0.3) is 0 Å². The van der Waals surface area contributed by atoms with E-state index in [1.807, 2.05) is 6.07 Å². The van der Waals surface area contributed by atoms with Crippen LogP contribution in [0.15, 0.2) is 40.9 Å². The minimum absolute atomic E-state index is 0.0915. The highest BCUT2D eigenvalue weighted by molar-refractivity contribution is 5.77. The second-order valence-corrected chi connectivity index (χ2v) is 8.73. The minimum Gasteiger partial charge on any atom is -0.444 e. The first-order chi connectivity index (χ1) is 14.7. The van der Waals surface area contributed by atoms with E-state index in [0.29, 0.717) is 24.0 Å². The largest absolute Gasteiger partial charge is 0.444 e. The van der Waals surface area contributed by atoms with Crippen LogP contribution in [0.2, 0.25) is 0 Å². The lowest BCUT2D eigenvalue weighted by atomic mass is 9.95. The molecule has 160 valence electrons. The third-order valence-corrected chi connectivity index (χ3v) is 5.05. The van der Waals surface area contributed by atoms with Crippen molar-refractivity contribution < 1.29 is 18.3 Å². The van der Waals surface area contributed by atoms with E-state index in [4.69, 9.17) is 14.4 Å². The van der Waals surface area contributed by atoms with Gasteiger partial charge in [-0.25, -0.2) is 19.2 Å². The van der Waals surface area contributed by atoms with Crippen LogP contribution in [0.1, 0.15) is 45.1 Å². The van der Waals surface area contributed by atoms with Crippen molar-refractivity contribution in [3.8, 4) is 17.2 Å². The summed E-state index contributed by atoms with van der Waals surface area (Å²) in [6, 6.07) is 11.0. The third kappa shape index (κ3) is 4.36. The third-order valence-electron chi connectivity index (χ3n) is 5.05. The molecule has 1 aliphatic heterocycles. The summed E-state index contributed by atoms with van der Waals surface area (Å²) in [6.45, 7) is 5.54. The Bertz CT molecular complexity index is 1180. The number of alkyl halides is 1. The second kappa shape index (κ2) is 7.65. The summed E-state index contributed by atoms with van der Waals surface area (Å²) in [5, 5.41) is 9.11. The highest BCUT2D eigenvalue weighted by Crippen LogP contribution is 2.37. The van der Waals surface area contributed by atoms with Gasteiger partial charge in [0.1, 0.15) is 11.1 Å². The van der Waals surface area contributed by atoms with Gasteiger partial charge in [-0.05, 0) is 57.4 Å². The molecule has 0 N–H and O–H groups in total. The zero-order chi connectivity index (χ0) is 22.2. The van der Waals surface area contributed by atoms with Gasteiger partial charge in [0.05, 0.1) is 18.2 Å². The van der Waals surface area contributed by atoms with Gasteiger partial charge >= 0.3 is 6.09 Å². The van der Waals surface area contributed by atoms with Gasteiger partial charge in [-0.15, -0.1) is 0 Å². The van der Waals surface area contributed by atoms with Crippen LogP contribution in [-0.4, -0.2) is 39.7 Å². The van der Waals surface area contributed by atoms with E-state index >= 15 is 4.39 Å². The Morgan fingerprint density at radius 1 is 1.32 bits per heavy atom. The van der Waals surface area contributed by atoms with Gasteiger partial charge in [-0.3, -0.25) is 0 Å². The number of hydrogen-bond donors (Lipinski definition) is 0. The molecule has 2 aromatic heterocycles. The first kappa shape index (κ1) is 20.8. The lowest BCUT2D eigenvalue weighted by molar-refractivity contribution is -0.0140. The molecule has 0 radical (unpaired) electrons. The number of piperidine rings is 1. The van der Waals surface area contributed by atoms with Crippen LogP contribution < -0.4 is 0 Å². The van der Waals surface area contributed by atoms with Crippen LogP contribution in [0, 0.1) is 11.3 Å². The smallest absolute Gasteiger partial charge is 0.410 e. The maximum absolute atomic E-state index is 15.8. The maximum Gasteiger partial charge on any atom is 0.410 e. The van der Waals surface area contributed by atoms with Gasteiger partial charge in [-0.1, -0.05) is 12.1 Å². The molecule has 8 heteroatoms. The molecule has 1 fully saturated rings. The monoisotopic (exact) mass is 422 g/mol. The van der Waals surface area contributed by atoms with E-state index < -0.39 is 17.4 Å². The second-order valence-electron chi connectivity index (χ2n) is 8.73. The minimum atomic E-state index is -1.92. The van der Waals surface area contributed by atoms with Crippen molar-refractivity contribution in [1.82, 2.24) is 14.9 Å². The van der Waals surface area contributed by atoms with Crippen molar-refractivity contribution in [3.63, 3.8) is 0 Å². The van der Waals surface area contributed by atoms with Crippen molar-refractivity contribution in [1.29, 1.82) is 5.26 Å². The molecule has 1 atom stereocenters. The maximum atomic E-state index is 15.8. The number of oxazole rings is 1. The SMILES string of the molecule is CC(C)(C)OC(=O)N1CCCC(F)(c2nc3cc(-c4cccc(C#N)c4)cnc3o2)C1. The number of pyridine rings is 1. The van der Waals surface area contributed by atoms with Crippen molar-refractivity contribution in [3.05, 3.63) is 48.0 Å². The van der Waals surface area contributed by atoms with Gasteiger partial charge in [0.15, 0.2) is 0 Å². The topological polar surface area (TPSA) is 92.2 Å². The van der Waals surface area contributed by atoms with E-state index in [1.165, 1.54) is 4.90 Å². The molecule has 1 unspecified atom stereocenters. The van der Waals surface area contributed by atoms with E-state index in [9.17, 15) is 4.79 Å². The number of halogens is 1. The van der Waals surface area contributed by atoms with Crippen molar-refractivity contribution in [2.45, 2.75) is 44.9 Å². The summed E-state index contributed by atoms with van der Waals surface area (Å²) < 4.78 is 26.9. The van der Waals surface area contributed by atoms with Gasteiger partial charge in [0, 0.05) is 18.3 Å². The number of benzene rings is 1. The van der Waals surface area contributed by atoms with Crippen LogP contribution >= 0.6 is 0 Å². The number of likely N-dealkylation sites (tertiary alicyclic amines) is 1. The summed E-state index contributed by atoms with van der Waals surface area (Å²) in [5.41, 5.74) is 0.150. The Balaban J connectivity index is 1.61. The number of carbonyl (C=O) groups excluding carboxylic acids is 1. The molecule has 1 saturated heterocycles. The molecule has 3 heterocycles. The molecule has 0 saturated carbocycles. The molecule has 0 spiro atoms. The molecule has 31 heavy (non-hydrogen) atoms. The van der Waals surface area contributed by atoms with Crippen LogP contribution in [-0.2, 0) is 10.4 Å².